The standard InChI is InChI=1S/C14H23N3O2S/c1-11-9-17(10-12(2)16(11)4)20(18,19)14-8-6-5-7-13(14)15-3/h5-8,11-12,15H,9-10H2,1-4H3. The van der Waals surface area contributed by atoms with Crippen LogP contribution in [0.15, 0.2) is 29.2 Å². The normalized spacial score (nSPS) is 25.6. The summed E-state index contributed by atoms with van der Waals surface area (Å²) in [4.78, 5) is 2.57. The van der Waals surface area contributed by atoms with Gasteiger partial charge in [-0.15, -0.1) is 0 Å². The molecule has 0 spiro atoms. The van der Waals surface area contributed by atoms with E-state index in [1.807, 2.05) is 13.1 Å². The predicted octanol–water partition coefficient (Wildman–Crippen LogP) is 1.44. The van der Waals surface area contributed by atoms with E-state index in [9.17, 15) is 8.42 Å². The van der Waals surface area contributed by atoms with Crippen LogP contribution in [0.1, 0.15) is 13.8 Å². The molecule has 1 aromatic rings. The van der Waals surface area contributed by atoms with Crippen molar-refractivity contribution in [1.29, 1.82) is 0 Å². The molecule has 1 aliphatic heterocycles. The van der Waals surface area contributed by atoms with Crippen LogP contribution in [0.5, 0.6) is 0 Å². The Morgan fingerprint density at radius 1 is 1.15 bits per heavy atom. The van der Waals surface area contributed by atoms with Crippen LogP contribution >= 0.6 is 0 Å². The first-order valence-corrected chi connectivity index (χ1v) is 8.30. The van der Waals surface area contributed by atoms with E-state index in [0.717, 1.165) is 0 Å². The lowest BCUT2D eigenvalue weighted by Crippen LogP contribution is -2.56. The van der Waals surface area contributed by atoms with Gasteiger partial charge in [0.25, 0.3) is 0 Å². The number of sulfonamides is 1. The average molecular weight is 297 g/mol. The summed E-state index contributed by atoms with van der Waals surface area (Å²) in [6.45, 7) is 5.17. The van der Waals surface area contributed by atoms with Crippen molar-refractivity contribution in [2.75, 3.05) is 32.5 Å². The van der Waals surface area contributed by atoms with Crippen LogP contribution in [0.2, 0.25) is 0 Å². The number of nitrogens with one attached hydrogen (secondary N) is 1. The highest BCUT2D eigenvalue weighted by atomic mass is 32.2. The molecule has 0 saturated carbocycles. The Labute approximate surface area is 121 Å². The van der Waals surface area contributed by atoms with E-state index in [1.54, 1.807) is 29.6 Å². The second kappa shape index (κ2) is 5.71. The van der Waals surface area contributed by atoms with Crippen molar-refractivity contribution in [1.82, 2.24) is 9.21 Å². The summed E-state index contributed by atoms with van der Waals surface area (Å²) in [5.41, 5.74) is 0.645. The molecule has 1 N–H and O–H groups in total. The van der Waals surface area contributed by atoms with E-state index >= 15 is 0 Å². The highest BCUT2D eigenvalue weighted by Crippen LogP contribution is 2.27. The molecule has 5 nitrogen and oxygen atoms in total. The van der Waals surface area contributed by atoms with Gasteiger partial charge in [0.15, 0.2) is 0 Å². The Morgan fingerprint density at radius 3 is 2.25 bits per heavy atom. The minimum absolute atomic E-state index is 0.218. The smallest absolute Gasteiger partial charge is 0.245 e. The van der Waals surface area contributed by atoms with Gasteiger partial charge < -0.3 is 5.32 Å². The van der Waals surface area contributed by atoms with E-state index in [2.05, 4.69) is 24.1 Å². The molecule has 0 aromatic heterocycles. The van der Waals surface area contributed by atoms with E-state index in [1.165, 1.54) is 0 Å². The SMILES string of the molecule is CNc1ccccc1S(=O)(=O)N1CC(C)N(C)C(C)C1. The third-order valence-electron chi connectivity index (χ3n) is 4.10. The Morgan fingerprint density at radius 2 is 1.70 bits per heavy atom. The summed E-state index contributed by atoms with van der Waals surface area (Å²) >= 11 is 0. The fraction of sp³-hybridized carbons (Fsp3) is 0.571. The van der Waals surface area contributed by atoms with Crippen molar-refractivity contribution in [3.05, 3.63) is 24.3 Å². The molecule has 20 heavy (non-hydrogen) atoms. The summed E-state index contributed by atoms with van der Waals surface area (Å²) in [6.07, 6.45) is 0. The predicted molar refractivity (Wildman–Crippen MR) is 81.4 cm³/mol. The molecule has 1 aliphatic rings. The Bertz CT molecular complexity index is 562. The van der Waals surface area contributed by atoms with Crippen molar-refractivity contribution in [2.24, 2.45) is 0 Å². The number of hydrogen-bond donors (Lipinski definition) is 1. The van der Waals surface area contributed by atoms with Gasteiger partial charge in [-0.25, -0.2) is 8.42 Å². The lowest BCUT2D eigenvalue weighted by atomic mass is 10.1. The summed E-state index contributed by atoms with van der Waals surface area (Å²) < 4.78 is 27.3. The van der Waals surface area contributed by atoms with Crippen LogP contribution < -0.4 is 5.32 Å². The average Bonchev–Trinajstić information content (AvgIpc) is 2.44. The molecule has 2 rings (SSSR count). The molecule has 1 heterocycles. The monoisotopic (exact) mass is 297 g/mol. The van der Waals surface area contributed by atoms with Crippen LogP contribution in [-0.2, 0) is 10.0 Å². The molecule has 112 valence electrons. The minimum Gasteiger partial charge on any atom is -0.387 e. The second-order valence-electron chi connectivity index (χ2n) is 5.43. The van der Waals surface area contributed by atoms with Crippen LogP contribution in [0.3, 0.4) is 0 Å². The van der Waals surface area contributed by atoms with E-state index in [4.69, 9.17) is 0 Å². The maximum atomic E-state index is 12.8. The maximum Gasteiger partial charge on any atom is 0.245 e. The van der Waals surface area contributed by atoms with Crippen molar-refractivity contribution in [3.63, 3.8) is 0 Å². The van der Waals surface area contributed by atoms with Gasteiger partial charge in [0.1, 0.15) is 4.90 Å². The maximum absolute atomic E-state index is 12.8. The van der Waals surface area contributed by atoms with Crippen molar-refractivity contribution in [2.45, 2.75) is 30.8 Å². The van der Waals surface area contributed by atoms with Gasteiger partial charge >= 0.3 is 0 Å². The van der Waals surface area contributed by atoms with E-state index in [0.29, 0.717) is 23.7 Å². The molecular formula is C14H23N3O2S. The summed E-state index contributed by atoms with van der Waals surface area (Å²) in [5, 5.41) is 2.96. The molecule has 0 amide bonds. The highest BCUT2D eigenvalue weighted by molar-refractivity contribution is 7.89. The van der Waals surface area contributed by atoms with Crippen LogP contribution in [-0.4, -0.2) is 56.9 Å². The number of piperazine rings is 1. The molecule has 1 saturated heterocycles. The van der Waals surface area contributed by atoms with Gasteiger partial charge in [-0.3, -0.25) is 4.90 Å². The summed E-state index contributed by atoms with van der Waals surface area (Å²) in [5.74, 6) is 0. The molecular weight excluding hydrogens is 274 g/mol. The van der Waals surface area contributed by atoms with Crippen molar-refractivity contribution >= 4 is 15.7 Å². The number of nitrogens with zero attached hydrogens (tertiary/aromatic N) is 2. The largest absolute Gasteiger partial charge is 0.387 e. The minimum atomic E-state index is -3.45. The van der Waals surface area contributed by atoms with Crippen molar-refractivity contribution < 1.29 is 8.42 Å². The first-order valence-electron chi connectivity index (χ1n) is 6.86. The number of benzene rings is 1. The number of hydrogen-bond acceptors (Lipinski definition) is 4. The lowest BCUT2D eigenvalue weighted by molar-refractivity contribution is 0.105. The van der Waals surface area contributed by atoms with Crippen LogP contribution in [0.25, 0.3) is 0 Å². The van der Waals surface area contributed by atoms with Gasteiger partial charge in [-0.2, -0.15) is 4.31 Å². The highest BCUT2D eigenvalue weighted by Gasteiger charge is 2.35. The summed E-state index contributed by atoms with van der Waals surface area (Å²) in [7, 11) is 0.332. The number of rotatable bonds is 3. The van der Waals surface area contributed by atoms with Gasteiger partial charge in [0.05, 0.1) is 5.69 Å². The molecule has 2 atom stereocenters. The lowest BCUT2D eigenvalue weighted by Gasteiger charge is -2.41. The molecule has 6 heteroatoms. The Kier molecular flexibility index (Phi) is 4.36. The molecule has 0 aliphatic carbocycles. The van der Waals surface area contributed by atoms with Gasteiger partial charge in [-0.1, -0.05) is 12.1 Å². The van der Waals surface area contributed by atoms with Gasteiger partial charge in [-0.05, 0) is 33.0 Å². The third kappa shape index (κ3) is 2.68. The molecule has 0 radical (unpaired) electrons. The molecule has 1 fully saturated rings. The molecule has 1 aromatic carbocycles. The van der Waals surface area contributed by atoms with Crippen LogP contribution in [0.4, 0.5) is 5.69 Å². The first-order chi connectivity index (χ1) is 9.37. The number of likely N-dealkylation sites (N-methyl/N-ethyl adjacent to an activating group) is 1. The zero-order valence-electron chi connectivity index (χ0n) is 12.5. The van der Waals surface area contributed by atoms with Gasteiger partial charge in [0, 0.05) is 32.2 Å². The van der Waals surface area contributed by atoms with E-state index < -0.39 is 10.0 Å². The van der Waals surface area contributed by atoms with Crippen LogP contribution in [0, 0.1) is 0 Å². The fourth-order valence-corrected chi connectivity index (χ4v) is 4.39. The first kappa shape index (κ1) is 15.3. The number of para-hydroxylation sites is 1. The van der Waals surface area contributed by atoms with Crippen molar-refractivity contribution in [3.8, 4) is 0 Å². The zero-order chi connectivity index (χ0) is 14.9. The topological polar surface area (TPSA) is 52.7 Å². The second-order valence-corrected chi connectivity index (χ2v) is 7.34. The fourth-order valence-electron chi connectivity index (χ4n) is 2.59. The Hall–Kier alpha value is -1.11. The Balaban J connectivity index is 2.36. The third-order valence-corrected chi connectivity index (χ3v) is 5.99. The van der Waals surface area contributed by atoms with Gasteiger partial charge in [0.2, 0.25) is 10.0 Å². The van der Waals surface area contributed by atoms with E-state index in [-0.39, 0.29) is 12.1 Å². The zero-order valence-corrected chi connectivity index (χ0v) is 13.3. The quantitative estimate of drug-likeness (QED) is 0.917. The summed E-state index contributed by atoms with van der Waals surface area (Å²) in [6, 6.07) is 7.48. The molecule has 0 bridgehead atoms. The number of anilines is 1. The molecule has 2 unspecified atom stereocenters.